The maximum Gasteiger partial charge on any atom is 0.326 e. The molecule has 1 rings (SSSR count). The van der Waals surface area contributed by atoms with Gasteiger partial charge in [0.15, 0.2) is 5.76 Å². The Morgan fingerprint density at radius 2 is 2.11 bits per heavy atom. The summed E-state index contributed by atoms with van der Waals surface area (Å²) in [4.78, 5) is 22.9. The van der Waals surface area contributed by atoms with Crippen LogP contribution in [-0.2, 0) is 10.5 Å². The van der Waals surface area contributed by atoms with Crippen molar-refractivity contribution in [2.24, 2.45) is 5.92 Å². The number of amides is 1. The predicted molar refractivity (Wildman–Crippen MR) is 74.3 cm³/mol. The number of carbonyl (C=O) groups is 2. The predicted octanol–water partition coefficient (Wildman–Crippen LogP) is 2.37. The highest BCUT2D eigenvalue weighted by atomic mass is 32.2. The first-order valence-corrected chi connectivity index (χ1v) is 7.44. The van der Waals surface area contributed by atoms with Crippen LogP contribution in [0.5, 0.6) is 0 Å². The van der Waals surface area contributed by atoms with E-state index in [1.165, 1.54) is 0 Å². The maximum atomic E-state index is 11.9. The normalized spacial score (nSPS) is 12.4. The summed E-state index contributed by atoms with van der Waals surface area (Å²) < 4.78 is 5.35. The highest BCUT2D eigenvalue weighted by Gasteiger charge is 2.23. The molecule has 6 heteroatoms. The SMILES string of the molecule is CSCc1ccc(C(=O)N[C@H](CC(C)C)C(=O)O)o1. The highest BCUT2D eigenvalue weighted by molar-refractivity contribution is 7.97. The van der Waals surface area contributed by atoms with Crippen LogP contribution in [0.4, 0.5) is 0 Å². The number of nitrogens with one attached hydrogen (secondary N) is 1. The molecule has 0 aliphatic carbocycles. The van der Waals surface area contributed by atoms with Crippen LogP contribution in [-0.4, -0.2) is 29.3 Å². The lowest BCUT2D eigenvalue weighted by molar-refractivity contribution is -0.139. The number of thioether (sulfide) groups is 1. The summed E-state index contributed by atoms with van der Waals surface area (Å²) in [5, 5.41) is 11.5. The quantitative estimate of drug-likeness (QED) is 0.804. The summed E-state index contributed by atoms with van der Waals surface area (Å²) in [6.45, 7) is 3.82. The molecule has 1 aromatic rings. The highest BCUT2D eigenvalue weighted by Crippen LogP contribution is 2.14. The number of carboxylic acid groups (broad SMARTS) is 1. The molecular formula is C13H19NO4S. The Morgan fingerprint density at radius 1 is 1.42 bits per heavy atom. The van der Waals surface area contributed by atoms with Crippen molar-refractivity contribution in [2.45, 2.75) is 32.1 Å². The molecule has 0 saturated carbocycles. The van der Waals surface area contributed by atoms with Gasteiger partial charge in [0.25, 0.3) is 5.91 Å². The Bertz CT molecular complexity index is 442. The molecule has 5 nitrogen and oxygen atoms in total. The molecule has 19 heavy (non-hydrogen) atoms. The number of hydrogen-bond acceptors (Lipinski definition) is 4. The van der Waals surface area contributed by atoms with E-state index in [1.807, 2.05) is 20.1 Å². The van der Waals surface area contributed by atoms with Gasteiger partial charge in [-0.25, -0.2) is 4.79 Å². The lowest BCUT2D eigenvalue weighted by Crippen LogP contribution is -2.41. The average molecular weight is 285 g/mol. The van der Waals surface area contributed by atoms with Crippen molar-refractivity contribution in [1.82, 2.24) is 5.32 Å². The average Bonchev–Trinajstić information content (AvgIpc) is 2.76. The number of furan rings is 1. The minimum absolute atomic E-state index is 0.152. The van der Waals surface area contributed by atoms with Gasteiger partial charge in [-0.05, 0) is 30.7 Å². The molecule has 0 saturated heterocycles. The molecule has 0 fully saturated rings. The molecule has 0 aliphatic heterocycles. The second kappa shape index (κ2) is 7.23. The summed E-state index contributed by atoms with van der Waals surface area (Å²) in [6.07, 6.45) is 2.32. The van der Waals surface area contributed by atoms with E-state index in [1.54, 1.807) is 23.9 Å². The van der Waals surface area contributed by atoms with Crippen LogP contribution in [0.25, 0.3) is 0 Å². The first-order valence-electron chi connectivity index (χ1n) is 6.05. The fourth-order valence-corrected chi connectivity index (χ4v) is 2.08. The Morgan fingerprint density at radius 3 is 2.63 bits per heavy atom. The van der Waals surface area contributed by atoms with Crippen molar-refractivity contribution in [3.8, 4) is 0 Å². The second-order valence-electron chi connectivity index (χ2n) is 4.69. The number of carbonyl (C=O) groups excluding carboxylic acids is 1. The summed E-state index contributed by atoms with van der Waals surface area (Å²) in [7, 11) is 0. The monoisotopic (exact) mass is 285 g/mol. The number of rotatable bonds is 7. The summed E-state index contributed by atoms with van der Waals surface area (Å²) in [5.74, 6) is 0.206. The van der Waals surface area contributed by atoms with Gasteiger partial charge in [0.2, 0.25) is 0 Å². The third-order valence-corrected chi connectivity index (χ3v) is 3.06. The molecule has 0 aliphatic rings. The van der Waals surface area contributed by atoms with Crippen LogP contribution < -0.4 is 5.32 Å². The van der Waals surface area contributed by atoms with Crippen molar-refractivity contribution in [3.63, 3.8) is 0 Å². The van der Waals surface area contributed by atoms with E-state index < -0.39 is 17.9 Å². The van der Waals surface area contributed by atoms with Crippen LogP contribution in [0.15, 0.2) is 16.5 Å². The molecule has 1 heterocycles. The molecule has 2 N–H and O–H groups in total. The molecule has 0 unspecified atom stereocenters. The summed E-state index contributed by atoms with van der Waals surface area (Å²) >= 11 is 1.59. The summed E-state index contributed by atoms with van der Waals surface area (Å²) in [6, 6.07) is 2.40. The molecule has 0 bridgehead atoms. The smallest absolute Gasteiger partial charge is 0.326 e. The van der Waals surface area contributed by atoms with Crippen molar-refractivity contribution in [3.05, 3.63) is 23.7 Å². The number of carboxylic acids is 1. The van der Waals surface area contributed by atoms with Gasteiger partial charge < -0.3 is 14.8 Å². The standard InChI is InChI=1S/C13H19NO4S/c1-8(2)6-10(13(16)17)14-12(15)11-5-4-9(18-11)7-19-3/h4-5,8,10H,6-7H2,1-3H3,(H,14,15)(H,16,17)/t10-/m1/s1. The largest absolute Gasteiger partial charge is 0.480 e. The van der Waals surface area contributed by atoms with Crippen LogP contribution in [0, 0.1) is 5.92 Å². The van der Waals surface area contributed by atoms with Gasteiger partial charge in [-0.15, -0.1) is 0 Å². The van der Waals surface area contributed by atoms with Gasteiger partial charge in [0, 0.05) is 0 Å². The first-order chi connectivity index (χ1) is 8.93. The van der Waals surface area contributed by atoms with Gasteiger partial charge in [-0.2, -0.15) is 11.8 Å². The Balaban J connectivity index is 2.67. The van der Waals surface area contributed by atoms with Crippen LogP contribution in [0.1, 0.15) is 36.6 Å². The molecule has 106 valence electrons. The van der Waals surface area contributed by atoms with Gasteiger partial charge in [-0.3, -0.25) is 4.79 Å². The van der Waals surface area contributed by atoms with Gasteiger partial charge >= 0.3 is 5.97 Å². The van der Waals surface area contributed by atoms with Crippen LogP contribution in [0.2, 0.25) is 0 Å². The lowest BCUT2D eigenvalue weighted by Gasteiger charge is -2.15. The number of hydrogen-bond donors (Lipinski definition) is 2. The van der Waals surface area contributed by atoms with E-state index in [2.05, 4.69) is 5.32 Å². The zero-order chi connectivity index (χ0) is 14.4. The topological polar surface area (TPSA) is 79.5 Å². The van der Waals surface area contributed by atoms with Gasteiger partial charge in [0.05, 0.1) is 5.75 Å². The van der Waals surface area contributed by atoms with Crippen molar-refractivity contribution >= 4 is 23.6 Å². The first kappa shape index (κ1) is 15.6. The minimum atomic E-state index is -1.03. The molecule has 0 spiro atoms. The third-order valence-electron chi connectivity index (χ3n) is 2.48. The van der Waals surface area contributed by atoms with E-state index in [9.17, 15) is 9.59 Å². The maximum absolute atomic E-state index is 11.9. The zero-order valence-corrected chi connectivity index (χ0v) is 12.1. The van der Waals surface area contributed by atoms with E-state index >= 15 is 0 Å². The van der Waals surface area contributed by atoms with Crippen LogP contribution >= 0.6 is 11.8 Å². The molecule has 0 aromatic carbocycles. The number of aliphatic carboxylic acids is 1. The van der Waals surface area contributed by atoms with Gasteiger partial charge in [0.1, 0.15) is 11.8 Å². The molecule has 1 atom stereocenters. The zero-order valence-electron chi connectivity index (χ0n) is 11.3. The fraction of sp³-hybridized carbons (Fsp3) is 0.538. The summed E-state index contributed by atoms with van der Waals surface area (Å²) in [5.41, 5.74) is 0. The third kappa shape index (κ3) is 4.98. The molecule has 0 radical (unpaired) electrons. The molecule has 1 amide bonds. The van der Waals surface area contributed by atoms with Crippen LogP contribution in [0.3, 0.4) is 0 Å². The molecule has 1 aromatic heterocycles. The van der Waals surface area contributed by atoms with Gasteiger partial charge in [-0.1, -0.05) is 13.8 Å². The molecular weight excluding hydrogens is 266 g/mol. The lowest BCUT2D eigenvalue weighted by atomic mass is 10.0. The van der Waals surface area contributed by atoms with E-state index in [-0.39, 0.29) is 11.7 Å². The van der Waals surface area contributed by atoms with E-state index in [0.717, 1.165) is 0 Å². The minimum Gasteiger partial charge on any atom is -0.480 e. The Kier molecular flexibility index (Phi) is 5.95. The van der Waals surface area contributed by atoms with Crippen molar-refractivity contribution < 1.29 is 19.1 Å². The van der Waals surface area contributed by atoms with Crippen molar-refractivity contribution in [1.29, 1.82) is 0 Å². The second-order valence-corrected chi connectivity index (χ2v) is 5.56. The van der Waals surface area contributed by atoms with E-state index in [4.69, 9.17) is 9.52 Å². The Labute approximate surface area is 116 Å². The van der Waals surface area contributed by atoms with Crippen molar-refractivity contribution in [2.75, 3.05) is 6.26 Å². The van der Waals surface area contributed by atoms with E-state index in [0.29, 0.717) is 17.9 Å². The Hall–Kier alpha value is -1.43. The fourth-order valence-electron chi connectivity index (χ4n) is 1.64.